The summed E-state index contributed by atoms with van der Waals surface area (Å²) in [5.41, 5.74) is 2.20. The fourth-order valence-electron chi connectivity index (χ4n) is 2.38. The summed E-state index contributed by atoms with van der Waals surface area (Å²) in [6.07, 6.45) is 1.19. The lowest BCUT2D eigenvalue weighted by Crippen LogP contribution is -2.26. The Kier molecular flexibility index (Phi) is 5.67. The van der Waals surface area contributed by atoms with E-state index in [1.807, 2.05) is 24.8 Å². The van der Waals surface area contributed by atoms with E-state index in [1.54, 1.807) is 12.1 Å². The molecule has 0 radical (unpaired) electrons. The smallest absolute Gasteiger partial charge is 0.269 e. The summed E-state index contributed by atoms with van der Waals surface area (Å²) in [6.45, 7) is 5.76. The van der Waals surface area contributed by atoms with Crippen LogP contribution in [0, 0.1) is 10.1 Å². The molecule has 2 rings (SSSR count). The summed E-state index contributed by atoms with van der Waals surface area (Å²) in [5.74, 6) is 2.36. The number of rotatable bonds is 5. The molecule has 1 aliphatic rings. The summed E-state index contributed by atoms with van der Waals surface area (Å²) in [7, 11) is 0. The van der Waals surface area contributed by atoms with Crippen LogP contribution in [0.2, 0.25) is 0 Å². The highest BCUT2D eigenvalue weighted by Gasteiger charge is 2.15. The zero-order valence-corrected chi connectivity index (χ0v) is 12.6. The molecule has 0 bridgehead atoms. The molecule has 20 heavy (non-hydrogen) atoms. The molecule has 110 valence electrons. The van der Waals surface area contributed by atoms with Gasteiger partial charge in [-0.05, 0) is 37.3 Å². The topological polar surface area (TPSA) is 58.4 Å². The third-order valence-electron chi connectivity index (χ3n) is 3.38. The summed E-state index contributed by atoms with van der Waals surface area (Å²) in [5, 5.41) is 14.2. The third kappa shape index (κ3) is 4.11. The maximum absolute atomic E-state index is 10.9. The number of hydrogen-bond donors (Lipinski definition) is 1. The molecule has 1 N–H and O–H groups in total. The van der Waals surface area contributed by atoms with Gasteiger partial charge in [-0.15, -0.1) is 0 Å². The van der Waals surface area contributed by atoms with Gasteiger partial charge in [-0.2, -0.15) is 11.8 Å². The molecule has 0 amide bonds. The highest BCUT2D eigenvalue weighted by molar-refractivity contribution is 7.99. The molecule has 0 unspecified atom stereocenters. The van der Waals surface area contributed by atoms with Gasteiger partial charge in [-0.3, -0.25) is 15.0 Å². The summed E-state index contributed by atoms with van der Waals surface area (Å²) in [6, 6.07) is 5.10. The number of nitrogens with zero attached hydrogens (tertiary/aromatic N) is 2. The van der Waals surface area contributed by atoms with Gasteiger partial charge < -0.3 is 5.32 Å². The number of anilines is 1. The molecule has 1 aliphatic heterocycles. The van der Waals surface area contributed by atoms with Crippen molar-refractivity contribution < 1.29 is 4.92 Å². The number of hydrogen-bond acceptors (Lipinski definition) is 5. The van der Waals surface area contributed by atoms with E-state index in [0.29, 0.717) is 0 Å². The molecule has 1 aromatic rings. The normalized spacial score (nSPS) is 16.6. The van der Waals surface area contributed by atoms with Crippen LogP contribution in [0.5, 0.6) is 0 Å². The molecule has 0 aromatic heterocycles. The van der Waals surface area contributed by atoms with E-state index in [-0.39, 0.29) is 10.6 Å². The van der Waals surface area contributed by atoms with Crippen LogP contribution in [0.15, 0.2) is 18.2 Å². The molecular weight excluding hydrogens is 274 g/mol. The SMILES string of the molecule is CCNc1ccc([N+](=O)[O-])cc1CN1CCCSCC1. The number of non-ortho nitro benzene ring substituents is 1. The Hall–Kier alpha value is -1.27. The first-order valence-corrected chi connectivity index (χ1v) is 8.17. The largest absolute Gasteiger partial charge is 0.385 e. The Balaban J connectivity index is 2.17. The Bertz CT molecular complexity index is 460. The number of nitro groups is 1. The van der Waals surface area contributed by atoms with Crippen molar-refractivity contribution in [3.8, 4) is 0 Å². The highest BCUT2D eigenvalue weighted by Crippen LogP contribution is 2.24. The van der Waals surface area contributed by atoms with Crippen molar-refractivity contribution in [3.05, 3.63) is 33.9 Å². The Morgan fingerprint density at radius 2 is 2.25 bits per heavy atom. The van der Waals surface area contributed by atoms with Crippen LogP contribution in [0.4, 0.5) is 11.4 Å². The second kappa shape index (κ2) is 7.50. The predicted octanol–water partition coefficient (Wildman–Crippen LogP) is 2.97. The van der Waals surface area contributed by atoms with Crippen LogP contribution < -0.4 is 5.32 Å². The molecule has 1 fully saturated rings. The molecular formula is C14H21N3O2S. The zero-order valence-electron chi connectivity index (χ0n) is 11.8. The minimum absolute atomic E-state index is 0.172. The average Bonchev–Trinajstić information content (AvgIpc) is 2.69. The van der Waals surface area contributed by atoms with Crippen molar-refractivity contribution in [1.29, 1.82) is 0 Å². The van der Waals surface area contributed by atoms with Gasteiger partial charge in [-0.1, -0.05) is 0 Å². The highest BCUT2D eigenvalue weighted by atomic mass is 32.2. The maximum atomic E-state index is 10.9. The van der Waals surface area contributed by atoms with Crippen LogP contribution in [-0.2, 0) is 6.54 Å². The third-order valence-corrected chi connectivity index (χ3v) is 4.42. The first kappa shape index (κ1) is 15.1. The standard InChI is InChI=1S/C14H21N3O2S/c1-2-15-14-5-4-13(17(18)19)10-12(14)11-16-6-3-8-20-9-7-16/h4-5,10,15H,2-3,6-9,11H2,1H3. The Morgan fingerprint density at radius 1 is 1.40 bits per heavy atom. The van der Waals surface area contributed by atoms with E-state index in [1.165, 1.54) is 12.2 Å². The van der Waals surface area contributed by atoms with E-state index in [4.69, 9.17) is 0 Å². The Labute approximate surface area is 123 Å². The predicted molar refractivity (Wildman–Crippen MR) is 84.5 cm³/mol. The van der Waals surface area contributed by atoms with E-state index in [2.05, 4.69) is 10.2 Å². The van der Waals surface area contributed by atoms with Crippen LogP contribution in [0.25, 0.3) is 0 Å². The van der Waals surface area contributed by atoms with Crippen molar-refractivity contribution >= 4 is 23.1 Å². The number of thioether (sulfide) groups is 1. The first-order valence-electron chi connectivity index (χ1n) is 7.02. The summed E-state index contributed by atoms with van der Waals surface area (Å²) >= 11 is 1.99. The molecule has 0 aliphatic carbocycles. The van der Waals surface area contributed by atoms with Gasteiger partial charge in [0.1, 0.15) is 0 Å². The van der Waals surface area contributed by atoms with Crippen LogP contribution in [-0.4, -0.2) is 41.0 Å². The zero-order chi connectivity index (χ0) is 14.4. The van der Waals surface area contributed by atoms with E-state index in [9.17, 15) is 10.1 Å². The lowest BCUT2D eigenvalue weighted by atomic mass is 10.1. The van der Waals surface area contributed by atoms with Crippen molar-refractivity contribution in [2.75, 3.05) is 36.5 Å². The summed E-state index contributed by atoms with van der Waals surface area (Å²) in [4.78, 5) is 13.0. The van der Waals surface area contributed by atoms with Crippen LogP contribution >= 0.6 is 11.8 Å². The molecule has 1 aromatic carbocycles. The number of nitro benzene ring substituents is 1. The van der Waals surface area contributed by atoms with E-state index in [0.717, 1.165) is 43.2 Å². The molecule has 1 heterocycles. The van der Waals surface area contributed by atoms with Gasteiger partial charge in [0, 0.05) is 43.2 Å². The van der Waals surface area contributed by atoms with Gasteiger partial charge in [-0.25, -0.2) is 0 Å². The maximum Gasteiger partial charge on any atom is 0.269 e. The molecule has 1 saturated heterocycles. The van der Waals surface area contributed by atoms with Crippen molar-refractivity contribution in [2.45, 2.75) is 19.9 Å². The molecule has 0 spiro atoms. The van der Waals surface area contributed by atoms with Gasteiger partial charge in [0.25, 0.3) is 5.69 Å². The minimum Gasteiger partial charge on any atom is -0.385 e. The number of benzene rings is 1. The lowest BCUT2D eigenvalue weighted by Gasteiger charge is -2.21. The second-order valence-electron chi connectivity index (χ2n) is 4.87. The molecule has 6 heteroatoms. The van der Waals surface area contributed by atoms with Gasteiger partial charge in [0.2, 0.25) is 0 Å². The van der Waals surface area contributed by atoms with Crippen molar-refractivity contribution in [2.24, 2.45) is 0 Å². The lowest BCUT2D eigenvalue weighted by molar-refractivity contribution is -0.384. The van der Waals surface area contributed by atoms with E-state index >= 15 is 0 Å². The van der Waals surface area contributed by atoms with Crippen LogP contribution in [0.1, 0.15) is 18.9 Å². The monoisotopic (exact) mass is 295 g/mol. The average molecular weight is 295 g/mol. The summed E-state index contributed by atoms with van der Waals surface area (Å²) < 4.78 is 0. The van der Waals surface area contributed by atoms with Gasteiger partial charge >= 0.3 is 0 Å². The first-order chi connectivity index (χ1) is 9.70. The van der Waals surface area contributed by atoms with Crippen molar-refractivity contribution in [1.82, 2.24) is 4.90 Å². The second-order valence-corrected chi connectivity index (χ2v) is 6.10. The molecule has 0 saturated carbocycles. The molecule has 0 atom stereocenters. The van der Waals surface area contributed by atoms with Crippen LogP contribution in [0.3, 0.4) is 0 Å². The van der Waals surface area contributed by atoms with E-state index < -0.39 is 0 Å². The Morgan fingerprint density at radius 3 is 3.00 bits per heavy atom. The fourth-order valence-corrected chi connectivity index (χ4v) is 3.31. The molecule has 5 nitrogen and oxygen atoms in total. The number of nitrogens with one attached hydrogen (secondary N) is 1. The fraction of sp³-hybridized carbons (Fsp3) is 0.571. The quantitative estimate of drug-likeness (QED) is 0.668. The van der Waals surface area contributed by atoms with Gasteiger partial charge in [0.05, 0.1) is 4.92 Å². The van der Waals surface area contributed by atoms with Gasteiger partial charge in [0.15, 0.2) is 0 Å². The van der Waals surface area contributed by atoms with Crippen molar-refractivity contribution in [3.63, 3.8) is 0 Å². The minimum atomic E-state index is -0.322.